The monoisotopic (exact) mass is 1530 g/mol. The van der Waals surface area contributed by atoms with Crippen molar-refractivity contribution in [3.63, 3.8) is 0 Å². The van der Waals surface area contributed by atoms with Crippen molar-refractivity contribution in [3.05, 3.63) is 430 Å². The van der Waals surface area contributed by atoms with Gasteiger partial charge in [0.2, 0.25) is 0 Å². The highest BCUT2D eigenvalue weighted by Crippen LogP contribution is 2.69. The lowest BCUT2D eigenvalue weighted by Gasteiger charge is -2.34. The van der Waals surface area contributed by atoms with Crippen molar-refractivity contribution in [1.82, 2.24) is 0 Å². The predicted molar refractivity (Wildman–Crippen MR) is 503 cm³/mol. The molecule has 578 valence electrons. The van der Waals surface area contributed by atoms with Crippen LogP contribution in [0, 0.1) is 0 Å². The average molecular weight is 1530 g/mol. The summed E-state index contributed by atoms with van der Waals surface area (Å²) in [7, 11) is 0. The molecule has 2 heteroatoms. The summed E-state index contributed by atoms with van der Waals surface area (Å²) in [4.78, 5) is 5.18. The predicted octanol–water partition coefficient (Wildman–Crippen LogP) is 31.5. The molecule has 16 aromatic carbocycles. The molecule has 21 rings (SSSR count). The molecule has 2 spiro atoms. The number of hydrogen-bond donors (Lipinski definition) is 0. The normalized spacial score (nSPS) is 15.1. The molecule has 0 saturated heterocycles. The van der Waals surface area contributed by atoms with Gasteiger partial charge in [-0.1, -0.05) is 388 Å². The fourth-order valence-corrected chi connectivity index (χ4v) is 21.3. The number of fused-ring (bicyclic) bond motifs is 23. The van der Waals surface area contributed by atoms with E-state index in [-0.39, 0.29) is 21.7 Å². The number of hydrogen-bond acceptors (Lipinski definition) is 2. The molecule has 0 aliphatic heterocycles. The first-order chi connectivity index (χ1) is 57.3. The van der Waals surface area contributed by atoms with Crippen LogP contribution in [-0.4, -0.2) is 0 Å². The van der Waals surface area contributed by atoms with Crippen LogP contribution in [0.3, 0.4) is 0 Å². The van der Waals surface area contributed by atoms with Crippen LogP contribution >= 0.6 is 0 Å². The van der Waals surface area contributed by atoms with Crippen LogP contribution in [0.1, 0.15) is 175 Å². The Balaban J connectivity index is 0.756. The van der Waals surface area contributed by atoms with E-state index in [0.717, 1.165) is 34.1 Å². The van der Waals surface area contributed by atoms with Crippen LogP contribution in [0.2, 0.25) is 0 Å². The van der Waals surface area contributed by atoms with Crippen molar-refractivity contribution >= 4 is 34.1 Å². The molecule has 5 aliphatic carbocycles. The molecule has 0 bridgehead atoms. The minimum atomic E-state index is -0.710. The summed E-state index contributed by atoms with van der Waals surface area (Å²) in [5.74, 6) is 0. The zero-order valence-corrected chi connectivity index (χ0v) is 70.9. The third-order valence-corrected chi connectivity index (χ3v) is 27.3. The lowest BCUT2D eigenvalue weighted by molar-refractivity contribution is 0.586. The maximum absolute atomic E-state index is 2.63. The Kier molecular flexibility index (Phi) is 16.5. The Morgan fingerprint density at radius 2 is 0.513 bits per heavy atom. The molecule has 1 unspecified atom stereocenters. The first-order valence-electron chi connectivity index (χ1n) is 42.8. The molecule has 0 fully saturated rings. The van der Waals surface area contributed by atoms with Crippen molar-refractivity contribution in [2.75, 3.05) is 9.80 Å². The van der Waals surface area contributed by atoms with Gasteiger partial charge in [0.05, 0.1) is 33.6 Å². The molecule has 0 amide bonds. The maximum Gasteiger partial charge on any atom is 0.0726 e. The molecule has 16 aromatic rings. The summed E-state index contributed by atoms with van der Waals surface area (Å²) in [5.41, 5.74) is 45.5. The van der Waals surface area contributed by atoms with Crippen LogP contribution in [-0.2, 0) is 37.9 Å². The van der Waals surface area contributed by atoms with Crippen LogP contribution in [0.4, 0.5) is 34.1 Å². The van der Waals surface area contributed by atoms with Gasteiger partial charge in [-0.15, -0.1) is 0 Å². The fraction of sp³-hybridized carbons (Fsp3) is 0.179. The Bertz CT molecular complexity index is 6780. The number of para-hydroxylation sites is 2. The molecule has 0 aromatic heterocycles. The quantitative estimate of drug-likeness (QED) is 0.135. The standard InChI is InChI=1S/C117H100N2/c1-111(2,3)78-55-62-88-89-63-56-79(112(4,5)6)69-101(89)116(100(88)68-78)94-44-28-24-42-90(94)109-96(116)46-32-51-107(109)119(105-49-31-27-41-85(105)76-38-22-17-23-39-76)83-60-65-87-86-61-54-77(66-98(86)115(13,14)99(87)72-83)93-67-81(114(10,11)12)71-103-108(93)92-64-57-80(113(7,8)9)70-102(92)117(103)95-45-29-25-43-91(95)110-97(117)47-33-50-106(110)118(82-58-52-74(53-59-82)73-34-18-15-19-35-73)104-48-30-26-40-84(104)75-36-20-16-21-37-75/h15-72H,1-14H3. The average Bonchev–Trinajstić information content (AvgIpc) is 1.50. The molecule has 1 atom stereocenters. The Morgan fingerprint density at radius 3 is 1.00 bits per heavy atom. The van der Waals surface area contributed by atoms with Crippen LogP contribution < -0.4 is 9.80 Å². The fourth-order valence-electron chi connectivity index (χ4n) is 21.3. The molecule has 5 aliphatic rings. The summed E-state index contributed by atoms with van der Waals surface area (Å²) >= 11 is 0. The molecule has 2 nitrogen and oxygen atoms in total. The van der Waals surface area contributed by atoms with Crippen molar-refractivity contribution in [2.45, 2.75) is 135 Å². The largest absolute Gasteiger partial charge is 0.309 e. The van der Waals surface area contributed by atoms with E-state index in [0.29, 0.717) is 0 Å². The van der Waals surface area contributed by atoms with E-state index in [1.54, 1.807) is 0 Å². The minimum Gasteiger partial charge on any atom is -0.309 e. The Hall–Kier alpha value is -12.9. The van der Waals surface area contributed by atoms with Gasteiger partial charge in [-0.05, 0) is 238 Å². The summed E-state index contributed by atoms with van der Waals surface area (Å²) < 4.78 is 0. The summed E-state index contributed by atoms with van der Waals surface area (Å²) in [5, 5.41) is 0. The lowest BCUT2D eigenvalue weighted by Crippen LogP contribution is -2.27. The van der Waals surface area contributed by atoms with E-state index in [1.807, 2.05) is 0 Å². The number of rotatable bonds is 10. The van der Waals surface area contributed by atoms with Gasteiger partial charge >= 0.3 is 0 Å². The van der Waals surface area contributed by atoms with Crippen molar-refractivity contribution in [1.29, 1.82) is 0 Å². The van der Waals surface area contributed by atoms with Crippen molar-refractivity contribution in [3.8, 4) is 100 Å². The number of anilines is 6. The molecule has 0 N–H and O–H groups in total. The van der Waals surface area contributed by atoms with Gasteiger partial charge < -0.3 is 9.80 Å². The Labute approximate surface area is 703 Å². The van der Waals surface area contributed by atoms with Gasteiger partial charge in [-0.3, -0.25) is 0 Å². The third-order valence-electron chi connectivity index (χ3n) is 27.3. The van der Waals surface area contributed by atoms with Crippen molar-refractivity contribution < 1.29 is 0 Å². The van der Waals surface area contributed by atoms with Crippen LogP contribution in [0.25, 0.3) is 100 Å². The smallest absolute Gasteiger partial charge is 0.0726 e. The molecule has 0 saturated carbocycles. The first kappa shape index (κ1) is 73.7. The third kappa shape index (κ3) is 11.0. The second kappa shape index (κ2) is 26.6. The molecular formula is C117H100N2. The molecule has 119 heavy (non-hydrogen) atoms. The SMILES string of the molecule is CC(C)(C)c1ccc2c(c1)C1(c3cc(C(C)(C)C)ccc3-2)c2ccccc2-c2c(N(c3ccc4c(c3)C(C)(C)c3cc(-c5cc(C(C)(C)C)cc6c5-c5ccc(C(C)(C)C)cc5C65c6ccccc6-c6c(N(c7ccc(-c8ccccc8)cc7)c7ccccc7-c7ccccc7)cccc65)ccc3-4)c3ccccc3-c3ccccc3)cccc21. The molecule has 0 radical (unpaired) electrons. The number of nitrogens with zero attached hydrogens (tertiary/aromatic N) is 2. The topological polar surface area (TPSA) is 6.48 Å². The van der Waals surface area contributed by atoms with Gasteiger partial charge in [0.15, 0.2) is 0 Å². The zero-order chi connectivity index (χ0) is 81.6. The summed E-state index contributed by atoms with van der Waals surface area (Å²) in [6.45, 7) is 33.5. The second-order valence-corrected chi connectivity index (χ2v) is 38.7. The second-order valence-electron chi connectivity index (χ2n) is 38.7. The van der Waals surface area contributed by atoms with Gasteiger partial charge in [-0.2, -0.15) is 0 Å². The highest BCUT2D eigenvalue weighted by atomic mass is 15.2. The van der Waals surface area contributed by atoms with E-state index in [1.165, 1.54) is 178 Å². The van der Waals surface area contributed by atoms with Gasteiger partial charge in [0.25, 0.3) is 0 Å². The first-order valence-corrected chi connectivity index (χ1v) is 42.8. The summed E-state index contributed by atoms with van der Waals surface area (Å²) in [6.07, 6.45) is 0. The van der Waals surface area contributed by atoms with E-state index >= 15 is 0 Å². The summed E-state index contributed by atoms with van der Waals surface area (Å²) in [6, 6.07) is 136. The Morgan fingerprint density at radius 1 is 0.185 bits per heavy atom. The zero-order valence-electron chi connectivity index (χ0n) is 70.9. The highest BCUT2D eigenvalue weighted by molar-refractivity contribution is 6.07. The maximum atomic E-state index is 2.63. The minimum absolute atomic E-state index is 0.0720. The van der Waals surface area contributed by atoms with Crippen LogP contribution in [0.15, 0.2) is 352 Å². The molecule has 0 heterocycles. The van der Waals surface area contributed by atoms with Crippen molar-refractivity contribution in [2.24, 2.45) is 0 Å². The highest BCUT2D eigenvalue weighted by Gasteiger charge is 2.56. The van der Waals surface area contributed by atoms with Gasteiger partial charge in [0.1, 0.15) is 0 Å². The lowest BCUT2D eigenvalue weighted by atomic mass is 9.68. The van der Waals surface area contributed by atoms with Gasteiger partial charge in [0, 0.05) is 39.0 Å². The number of benzene rings is 16. The van der Waals surface area contributed by atoms with Crippen LogP contribution in [0.5, 0.6) is 0 Å². The van der Waals surface area contributed by atoms with E-state index in [2.05, 4.69) is 459 Å². The molecular weight excluding hydrogens is 1430 g/mol. The van der Waals surface area contributed by atoms with E-state index < -0.39 is 16.2 Å². The van der Waals surface area contributed by atoms with Gasteiger partial charge in [-0.25, -0.2) is 0 Å². The van der Waals surface area contributed by atoms with E-state index in [9.17, 15) is 0 Å². The van der Waals surface area contributed by atoms with E-state index in [4.69, 9.17) is 0 Å².